The molecule has 3 heterocycles. The number of imidazole rings is 1. The Hall–Kier alpha value is -3.57. The molecule has 4 rings (SSSR count). The van der Waals surface area contributed by atoms with Crippen molar-refractivity contribution in [1.29, 1.82) is 0 Å². The molecule has 11 heteroatoms. The second kappa shape index (κ2) is 7.69. The van der Waals surface area contributed by atoms with E-state index in [-0.39, 0.29) is 11.9 Å². The minimum atomic E-state index is -0.250. The first-order valence-corrected chi connectivity index (χ1v) is 9.49. The lowest BCUT2D eigenvalue weighted by atomic mass is 10.1. The lowest BCUT2D eigenvalue weighted by molar-refractivity contribution is 0.0816. The van der Waals surface area contributed by atoms with Crippen molar-refractivity contribution in [2.75, 3.05) is 42.1 Å². The number of nitrogens with zero attached hydrogens (tertiary/aromatic N) is 4. The number of hydrogen-bond acceptors (Lipinski definition) is 9. The van der Waals surface area contributed by atoms with Crippen LogP contribution in [0.4, 0.5) is 28.7 Å². The third-order valence-electron chi connectivity index (χ3n) is 4.84. The third-order valence-corrected chi connectivity index (χ3v) is 4.84. The van der Waals surface area contributed by atoms with E-state index in [0.717, 1.165) is 5.56 Å². The van der Waals surface area contributed by atoms with Gasteiger partial charge in [0.1, 0.15) is 11.5 Å². The molecule has 0 aliphatic carbocycles. The molecule has 0 saturated heterocycles. The number of nitrogen functional groups attached to an aromatic ring is 1. The fourth-order valence-corrected chi connectivity index (χ4v) is 3.39. The molecule has 1 aliphatic rings. The van der Waals surface area contributed by atoms with E-state index >= 15 is 0 Å². The first-order chi connectivity index (χ1) is 14.4. The molecular weight excluding hydrogens is 386 g/mol. The molecule has 1 unspecified atom stereocenters. The highest BCUT2D eigenvalue weighted by Gasteiger charge is 2.19. The Balaban J connectivity index is 1.90. The minimum absolute atomic E-state index is 0.195. The topological polar surface area (TPSA) is 148 Å². The van der Waals surface area contributed by atoms with Crippen LogP contribution in [0.15, 0.2) is 24.5 Å². The highest BCUT2D eigenvalue weighted by molar-refractivity contribution is 5.94. The standard InChI is InChI=1S/C19H25N9O2/c1-10-8-30-9-11-4-12(16(20)13(5-11)27(3)21)25-15-7-28-14(19(29)24-10)6-23-18(28)17(22-2)26-15/h4-7,10,25H,8-9,20-21H2,1-3H3,(H,22,26)(H,24,29). The van der Waals surface area contributed by atoms with Crippen LogP contribution >= 0.6 is 0 Å². The van der Waals surface area contributed by atoms with Crippen LogP contribution in [-0.4, -0.2) is 47.0 Å². The van der Waals surface area contributed by atoms with Gasteiger partial charge >= 0.3 is 0 Å². The van der Waals surface area contributed by atoms with Gasteiger partial charge in [0.05, 0.1) is 42.7 Å². The predicted octanol–water partition coefficient (Wildman–Crippen LogP) is 1.06. The van der Waals surface area contributed by atoms with Crippen molar-refractivity contribution >= 4 is 40.3 Å². The largest absolute Gasteiger partial charge is 0.395 e. The van der Waals surface area contributed by atoms with Crippen LogP contribution in [0.2, 0.25) is 0 Å². The maximum atomic E-state index is 12.8. The van der Waals surface area contributed by atoms with E-state index in [0.29, 0.717) is 53.3 Å². The summed E-state index contributed by atoms with van der Waals surface area (Å²) in [7, 11) is 3.46. The molecule has 30 heavy (non-hydrogen) atoms. The number of hydrogen-bond donors (Lipinski definition) is 5. The van der Waals surface area contributed by atoms with Gasteiger partial charge in [-0.2, -0.15) is 0 Å². The molecule has 2 aromatic heterocycles. The number of ether oxygens (including phenoxy) is 1. The zero-order chi connectivity index (χ0) is 21.4. The van der Waals surface area contributed by atoms with Crippen LogP contribution in [0, 0.1) is 0 Å². The third kappa shape index (κ3) is 3.55. The smallest absolute Gasteiger partial charge is 0.270 e. The summed E-state index contributed by atoms with van der Waals surface area (Å²) >= 11 is 0. The summed E-state index contributed by atoms with van der Waals surface area (Å²) in [6, 6.07) is 3.58. The number of benzene rings is 1. The molecule has 7 N–H and O–H groups in total. The lowest BCUT2D eigenvalue weighted by Gasteiger charge is -2.21. The highest BCUT2D eigenvalue weighted by atomic mass is 16.5. The number of carbonyl (C=O) groups excluding carboxylic acids is 1. The molecule has 1 aromatic carbocycles. The Morgan fingerprint density at radius 3 is 2.93 bits per heavy atom. The second-order valence-electron chi connectivity index (χ2n) is 7.26. The SMILES string of the molecule is CNc1nc2cn3c(cnc13)C(=O)NC(C)COCc1cc(c(N)c(N(C)N)c1)N2. The number of aromatic nitrogens is 3. The Morgan fingerprint density at radius 1 is 1.40 bits per heavy atom. The first-order valence-electron chi connectivity index (χ1n) is 9.49. The summed E-state index contributed by atoms with van der Waals surface area (Å²) in [4.78, 5) is 21.7. The van der Waals surface area contributed by atoms with E-state index < -0.39 is 0 Å². The van der Waals surface area contributed by atoms with E-state index in [1.165, 1.54) is 11.2 Å². The van der Waals surface area contributed by atoms with Crippen LogP contribution in [-0.2, 0) is 11.3 Å². The van der Waals surface area contributed by atoms with Crippen LogP contribution in [0.5, 0.6) is 0 Å². The normalized spacial score (nSPS) is 16.7. The second-order valence-corrected chi connectivity index (χ2v) is 7.26. The maximum Gasteiger partial charge on any atom is 0.270 e. The van der Waals surface area contributed by atoms with Crippen LogP contribution in [0.3, 0.4) is 0 Å². The van der Waals surface area contributed by atoms with E-state index in [4.69, 9.17) is 16.3 Å². The monoisotopic (exact) mass is 411 g/mol. The quantitative estimate of drug-likeness (QED) is 0.237. The molecule has 0 spiro atoms. The van der Waals surface area contributed by atoms with Gasteiger partial charge in [-0.05, 0) is 24.6 Å². The average Bonchev–Trinajstić information content (AvgIpc) is 3.12. The van der Waals surface area contributed by atoms with Gasteiger partial charge < -0.3 is 31.4 Å². The van der Waals surface area contributed by atoms with Crippen molar-refractivity contribution in [2.45, 2.75) is 19.6 Å². The van der Waals surface area contributed by atoms with E-state index in [1.54, 1.807) is 24.7 Å². The van der Waals surface area contributed by atoms with Gasteiger partial charge in [-0.15, -0.1) is 0 Å². The van der Waals surface area contributed by atoms with Gasteiger partial charge in [0.25, 0.3) is 5.91 Å². The Morgan fingerprint density at radius 2 is 2.20 bits per heavy atom. The first kappa shape index (κ1) is 19.7. The van der Waals surface area contributed by atoms with E-state index in [2.05, 4.69) is 25.9 Å². The molecule has 0 radical (unpaired) electrons. The van der Waals surface area contributed by atoms with Gasteiger partial charge in [-0.3, -0.25) is 9.20 Å². The van der Waals surface area contributed by atoms with Crippen molar-refractivity contribution in [1.82, 2.24) is 19.7 Å². The average molecular weight is 411 g/mol. The number of carbonyl (C=O) groups is 1. The van der Waals surface area contributed by atoms with Crippen molar-refractivity contribution < 1.29 is 9.53 Å². The number of amides is 1. The van der Waals surface area contributed by atoms with Crippen LogP contribution in [0.25, 0.3) is 5.65 Å². The summed E-state index contributed by atoms with van der Waals surface area (Å²) in [5.41, 5.74) is 9.92. The van der Waals surface area contributed by atoms with Crippen molar-refractivity contribution in [3.8, 4) is 0 Å². The summed E-state index contributed by atoms with van der Waals surface area (Å²) < 4.78 is 7.49. The number of nitrogens with two attached hydrogens (primary N) is 2. The van der Waals surface area contributed by atoms with Crippen molar-refractivity contribution in [3.63, 3.8) is 0 Å². The predicted molar refractivity (Wildman–Crippen MR) is 116 cm³/mol. The molecule has 158 valence electrons. The summed E-state index contributed by atoms with van der Waals surface area (Å²) in [6.45, 7) is 2.56. The van der Waals surface area contributed by atoms with Gasteiger partial charge in [0.2, 0.25) is 0 Å². The Bertz CT molecular complexity index is 1110. The van der Waals surface area contributed by atoms with Gasteiger partial charge in [0, 0.05) is 20.1 Å². The number of anilines is 5. The Kier molecular flexibility index (Phi) is 5.06. The van der Waals surface area contributed by atoms with E-state index in [9.17, 15) is 4.79 Å². The molecule has 1 atom stereocenters. The van der Waals surface area contributed by atoms with Gasteiger partial charge in [0.15, 0.2) is 11.5 Å². The summed E-state index contributed by atoms with van der Waals surface area (Å²) in [6.07, 6.45) is 3.23. The van der Waals surface area contributed by atoms with Gasteiger partial charge in [-0.25, -0.2) is 15.8 Å². The minimum Gasteiger partial charge on any atom is -0.395 e. The molecule has 1 amide bonds. The number of rotatable bonds is 2. The summed E-state index contributed by atoms with van der Waals surface area (Å²) in [5, 5.41) is 10.7. The number of hydrazine groups is 1. The van der Waals surface area contributed by atoms with Gasteiger partial charge in [-0.1, -0.05) is 0 Å². The molecule has 4 bridgehead atoms. The molecule has 0 fully saturated rings. The number of nitrogens with one attached hydrogen (secondary N) is 3. The summed E-state index contributed by atoms with van der Waals surface area (Å²) in [5.74, 6) is 6.73. The number of fused-ring (bicyclic) bond motifs is 3. The Labute approximate surface area is 173 Å². The molecule has 0 saturated carbocycles. The van der Waals surface area contributed by atoms with Crippen LogP contribution in [0.1, 0.15) is 23.0 Å². The lowest BCUT2D eigenvalue weighted by Crippen LogP contribution is -2.36. The molecule has 3 aromatic rings. The van der Waals surface area contributed by atoms with E-state index in [1.807, 2.05) is 19.1 Å². The van der Waals surface area contributed by atoms with Crippen molar-refractivity contribution in [3.05, 3.63) is 35.8 Å². The van der Waals surface area contributed by atoms with Crippen molar-refractivity contribution in [2.24, 2.45) is 5.84 Å². The molecule has 11 nitrogen and oxygen atoms in total. The zero-order valence-electron chi connectivity index (χ0n) is 17.1. The molecular formula is C19H25N9O2. The highest BCUT2D eigenvalue weighted by Crippen LogP contribution is 2.33. The molecule has 1 aliphatic heterocycles. The maximum absolute atomic E-state index is 12.8. The fraction of sp³-hybridized carbons (Fsp3) is 0.316. The zero-order valence-corrected chi connectivity index (χ0v) is 17.1. The fourth-order valence-electron chi connectivity index (χ4n) is 3.39. The van der Waals surface area contributed by atoms with Crippen LogP contribution < -0.4 is 32.5 Å².